The van der Waals surface area contributed by atoms with Gasteiger partial charge in [0.15, 0.2) is 0 Å². The van der Waals surface area contributed by atoms with Crippen LogP contribution >= 0.6 is 0 Å². The second-order valence-corrected chi connectivity index (χ2v) is 6.40. The highest BCUT2D eigenvalue weighted by Gasteiger charge is 2.42. The van der Waals surface area contributed by atoms with Crippen molar-refractivity contribution in [1.29, 1.82) is 0 Å². The predicted octanol–water partition coefficient (Wildman–Crippen LogP) is 1.21. The standard InChI is InChI=1S/C18H25N3O5/c1-12(2)15(19-18(24)26-4)16(22)21-11-20(10-14(21)17(23)25-3)13-8-6-5-7-9-13/h5-9,12,14-15H,10-11H2,1-4H3,(H,19,24)/t14?,15-/m0/s1. The molecule has 1 heterocycles. The third-order valence-electron chi connectivity index (χ3n) is 4.36. The van der Waals surface area contributed by atoms with E-state index in [1.807, 2.05) is 49.1 Å². The average molecular weight is 363 g/mol. The van der Waals surface area contributed by atoms with E-state index in [0.29, 0.717) is 6.54 Å². The molecular formula is C18H25N3O5. The zero-order valence-corrected chi connectivity index (χ0v) is 15.5. The van der Waals surface area contributed by atoms with E-state index in [4.69, 9.17) is 4.74 Å². The number of alkyl carbamates (subject to hydrolysis) is 1. The maximum absolute atomic E-state index is 13.1. The summed E-state index contributed by atoms with van der Waals surface area (Å²) >= 11 is 0. The van der Waals surface area contributed by atoms with Gasteiger partial charge in [0.2, 0.25) is 5.91 Å². The Morgan fingerprint density at radius 2 is 1.77 bits per heavy atom. The summed E-state index contributed by atoms with van der Waals surface area (Å²) in [4.78, 5) is 40.3. The van der Waals surface area contributed by atoms with E-state index in [1.54, 1.807) is 0 Å². The highest BCUT2D eigenvalue weighted by Crippen LogP contribution is 2.24. The smallest absolute Gasteiger partial charge is 0.407 e. The number of anilines is 1. The number of methoxy groups -OCH3 is 2. The Kier molecular flexibility index (Phi) is 6.43. The molecule has 8 heteroatoms. The fourth-order valence-corrected chi connectivity index (χ4v) is 2.91. The first-order chi connectivity index (χ1) is 12.4. The van der Waals surface area contributed by atoms with E-state index >= 15 is 0 Å². The molecule has 0 radical (unpaired) electrons. The lowest BCUT2D eigenvalue weighted by Gasteiger charge is -2.29. The van der Waals surface area contributed by atoms with E-state index in [1.165, 1.54) is 19.1 Å². The van der Waals surface area contributed by atoms with Crippen LogP contribution in [0, 0.1) is 5.92 Å². The van der Waals surface area contributed by atoms with Crippen LogP contribution < -0.4 is 10.2 Å². The van der Waals surface area contributed by atoms with Crippen LogP contribution in [-0.4, -0.2) is 62.4 Å². The topological polar surface area (TPSA) is 88.2 Å². The molecule has 1 fully saturated rings. The van der Waals surface area contributed by atoms with Gasteiger partial charge in [0.25, 0.3) is 0 Å². The van der Waals surface area contributed by atoms with Crippen molar-refractivity contribution in [3.63, 3.8) is 0 Å². The van der Waals surface area contributed by atoms with Gasteiger partial charge in [-0.2, -0.15) is 0 Å². The van der Waals surface area contributed by atoms with Gasteiger partial charge in [-0.25, -0.2) is 9.59 Å². The van der Waals surface area contributed by atoms with Crippen LogP contribution in [0.1, 0.15) is 13.8 Å². The van der Waals surface area contributed by atoms with Crippen molar-refractivity contribution >= 4 is 23.7 Å². The van der Waals surface area contributed by atoms with Crippen molar-refractivity contribution in [2.45, 2.75) is 25.9 Å². The number of rotatable bonds is 5. The van der Waals surface area contributed by atoms with E-state index in [9.17, 15) is 14.4 Å². The van der Waals surface area contributed by atoms with Gasteiger partial charge < -0.3 is 24.6 Å². The molecule has 2 amide bonds. The number of ether oxygens (including phenoxy) is 2. The molecule has 1 aliphatic rings. The van der Waals surface area contributed by atoms with Crippen LogP contribution in [0.15, 0.2) is 30.3 Å². The first-order valence-electron chi connectivity index (χ1n) is 8.41. The second kappa shape index (κ2) is 8.55. The molecule has 0 bridgehead atoms. The minimum Gasteiger partial charge on any atom is -0.467 e. The van der Waals surface area contributed by atoms with Crippen molar-refractivity contribution in [3.05, 3.63) is 30.3 Å². The Morgan fingerprint density at radius 1 is 1.12 bits per heavy atom. The minimum atomic E-state index is -0.801. The number of carbonyl (C=O) groups excluding carboxylic acids is 3. The maximum Gasteiger partial charge on any atom is 0.407 e. The normalized spacial score (nSPS) is 17.8. The first kappa shape index (κ1) is 19.6. The van der Waals surface area contributed by atoms with Crippen molar-refractivity contribution in [1.82, 2.24) is 10.2 Å². The predicted molar refractivity (Wildman–Crippen MR) is 95.5 cm³/mol. The maximum atomic E-state index is 13.1. The number of hydrogen-bond acceptors (Lipinski definition) is 6. The summed E-state index contributed by atoms with van der Waals surface area (Å²) in [6, 6.07) is 7.96. The number of para-hydroxylation sites is 1. The number of carbonyl (C=O) groups is 3. The van der Waals surface area contributed by atoms with Gasteiger partial charge in [0.05, 0.1) is 27.4 Å². The van der Waals surface area contributed by atoms with E-state index in [-0.39, 0.29) is 18.5 Å². The molecule has 1 saturated heterocycles. The Balaban J connectivity index is 2.26. The van der Waals surface area contributed by atoms with Gasteiger partial charge in [0, 0.05) is 5.69 Å². The van der Waals surface area contributed by atoms with E-state index in [2.05, 4.69) is 10.1 Å². The fourth-order valence-electron chi connectivity index (χ4n) is 2.91. The van der Waals surface area contributed by atoms with E-state index in [0.717, 1.165) is 5.69 Å². The average Bonchev–Trinajstić information content (AvgIpc) is 3.10. The summed E-state index contributed by atoms with van der Waals surface area (Å²) in [6.45, 7) is 4.19. The Morgan fingerprint density at radius 3 is 2.31 bits per heavy atom. The minimum absolute atomic E-state index is 0.175. The molecule has 0 aliphatic carbocycles. The molecule has 26 heavy (non-hydrogen) atoms. The third-order valence-corrected chi connectivity index (χ3v) is 4.36. The van der Waals surface area contributed by atoms with Crippen molar-refractivity contribution < 1.29 is 23.9 Å². The summed E-state index contributed by atoms with van der Waals surface area (Å²) in [5.41, 5.74) is 0.902. The molecule has 0 saturated carbocycles. The number of esters is 1. The quantitative estimate of drug-likeness (QED) is 0.792. The third kappa shape index (κ3) is 4.25. The molecule has 0 aromatic heterocycles. The van der Waals surface area contributed by atoms with Gasteiger partial charge in [-0.3, -0.25) is 4.79 Å². The Bertz CT molecular complexity index is 649. The summed E-state index contributed by atoms with van der Waals surface area (Å²) in [5, 5.41) is 2.55. The van der Waals surface area contributed by atoms with Crippen molar-refractivity contribution in [2.24, 2.45) is 5.92 Å². The molecule has 1 unspecified atom stereocenters. The summed E-state index contributed by atoms with van der Waals surface area (Å²) in [6.07, 6.45) is -0.689. The number of nitrogens with zero attached hydrogens (tertiary/aromatic N) is 2. The molecule has 1 aromatic carbocycles. The number of amides is 2. The molecule has 2 rings (SSSR count). The zero-order chi connectivity index (χ0) is 19.3. The van der Waals surface area contributed by atoms with Crippen LogP contribution in [0.5, 0.6) is 0 Å². The number of hydrogen-bond donors (Lipinski definition) is 1. The number of nitrogens with one attached hydrogen (secondary N) is 1. The monoisotopic (exact) mass is 363 g/mol. The lowest BCUT2D eigenvalue weighted by atomic mass is 10.0. The highest BCUT2D eigenvalue weighted by molar-refractivity contribution is 5.91. The summed E-state index contributed by atoms with van der Waals surface area (Å²) in [7, 11) is 2.53. The van der Waals surface area contributed by atoms with Gasteiger partial charge >= 0.3 is 12.1 Å². The highest BCUT2D eigenvalue weighted by atomic mass is 16.5. The summed E-state index contributed by atoms with van der Waals surface area (Å²) in [5.74, 6) is -1.01. The second-order valence-electron chi connectivity index (χ2n) is 6.40. The van der Waals surface area contributed by atoms with Crippen molar-refractivity contribution in [3.8, 4) is 0 Å². The van der Waals surface area contributed by atoms with Crippen molar-refractivity contribution in [2.75, 3.05) is 32.3 Å². The van der Waals surface area contributed by atoms with Gasteiger partial charge in [0.1, 0.15) is 12.1 Å². The number of benzene rings is 1. The molecule has 1 aliphatic heterocycles. The lowest BCUT2D eigenvalue weighted by Crippen LogP contribution is -2.54. The van der Waals surface area contributed by atoms with Crippen LogP contribution in [0.2, 0.25) is 0 Å². The molecule has 2 atom stereocenters. The Labute approximate surface area is 153 Å². The van der Waals surface area contributed by atoms with Crippen LogP contribution in [0.3, 0.4) is 0 Å². The lowest BCUT2D eigenvalue weighted by molar-refractivity contribution is -0.151. The molecule has 1 N–H and O–H groups in total. The fraction of sp³-hybridized carbons (Fsp3) is 0.500. The largest absolute Gasteiger partial charge is 0.467 e. The van der Waals surface area contributed by atoms with E-state index < -0.39 is 24.1 Å². The molecule has 1 aromatic rings. The van der Waals surface area contributed by atoms with Gasteiger partial charge in [-0.1, -0.05) is 32.0 Å². The first-order valence-corrected chi connectivity index (χ1v) is 8.41. The van der Waals surface area contributed by atoms with Gasteiger partial charge in [-0.15, -0.1) is 0 Å². The van der Waals surface area contributed by atoms with Crippen LogP contribution in [0.4, 0.5) is 10.5 Å². The van der Waals surface area contributed by atoms with Crippen LogP contribution in [0.25, 0.3) is 0 Å². The molecule has 142 valence electrons. The van der Waals surface area contributed by atoms with Gasteiger partial charge in [-0.05, 0) is 18.1 Å². The SMILES string of the molecule is COC(=O)N[C@H](C(=O)N1CN(c2ccccc2)CC1C(=O)OC)C(C)C. The van der Waals surface area contributed by atoms with Crippen LogP contribution in [-0.2, 0) is 19.1 Å². The molecule has 8 nitrogen and oxygen atoms in total. The Hall–Kier alpha value is -2.77. The molecular weight excluding hydrogens is 338 g/mol. The summed E-state index contributed by atoms with van der Waals surface area (Å²) < 4.78 is 9.48. The molecule has 0 spiro atoms. The zero-order valence-electron chi connectivity index (χ0n) is 15.5.